The number of aliphatic imine (C=N–C) groups is 1. The molecule has 5 nitrogen and oxygen atoms in total. The smallest absolute Gasteiger partial charge is 0.153 e. The van der Waals surface area contributed by atoms with Gasteiger partial charge in [-0.2, -0.15) is 0 Å². The second-order valence-electron chi connectivity index (χ2n) is 8.05. The molecule has 3 aromatic rings. The molecule has 0 amide bonds. The minimum absolute atomic E-state index is 0.171. The Morgan fingerprint density at radius 2 is 1.52 bits per heavy atom. The first-order chi connectivity index (χ1) is 15.1. The van der Waals surface area contributed by atoms with E-state index in [2.05, 4.69) is 77.1 Å². The number of hydrogen-bond acceptors (Lipinski definition) is 5. The molecule has 0 bridgehead atoms. The number of fused-ring (bicyclic) bond motifs is 1. The summed E-state index contributed by atoms with van der Waals surface area (Å²) in [6.07, 6.45) is -0.171. The van der Waals surface area contributed by atoms with Crippen LogP contribution in [0, 0.1) is 6.92 Å². The number of hydrogen-bond donors (Lipinski definition) is 3. The molecule has 0 saturated heterocycles. The molecule has 0 radical (unpaired) electrons. The molecule has 1 aliphatic rings. The molecule has 160 valence electrons. The molecule has 1 unspecified atom stereocenters. The highest BCUT2D eigenvalue weighted by atomic mass is 16.5. The Balaban J connectivity index is 1.28. The van der Waals surface area contributed by atoms with E-state index in [0.717, 1.165) is 43.2 Å². The lowest BCUT2D eigenvalue weighted by molar-refractivity contribution is 0.281. The van der Waals surface area contributed by atoms with E-state index in [4.69, 9.17) is 10.5 Å². The van der Waals surface area contributed by atoms with Gasteiger partial charge >= 0.3 is 0 Å². The third-order valence-electron chi connectivity index (χ3n) is 5.55. The Morgan fingerprint density at radius 1 is 0.839 bits per heavy atom. The van der Waals surface area contributed by atoms with E-state index >= 15 is 0 Å². The zero-order chi connectivity index (χ0) is 21.6. The first-order valence-corrected chi connectivity index (χ1v) is 10.8. The van der Waals surface area contributed by atoms with Gasteiger partial charge in [-0.05, 0) is 53.8 Å². The van der Waals surface area contributed by atoms with Crippen LogP contribution in [-0.4, -0.2) is 11.9 Å². The molecule has 4 rings (SSSR count). The second kappa shape index (κ2) is 9.77. The average Bonchev–Trinajstić information content (AvgIpc) is 2.76. The lowest BCUT2D eigenvalue weighted by Crippen LogP contribution is -2.33. The Morgan fingerprint density at radius 3 is 2.26 bits per heavy atom. The number of nitrogens with zero attached hydrogens (tertiary/aromatic N) is 1. The Kier molecular flexibility index (Phi) is 6.65. The number of nitrogens with two attached hydrogens (primary N) is 1. The fraction of sp³-hybridized carbons (Fsp3) is 0.269. The van der Waals surface area contributed by atoms with Crippen LogP contribution in [0.5, 0.6) is 5.75 Å². The molecule has 4 N–H and O–H groups in total. The van der Waals surface area contributed by atoms with Gasteiger partial charge in [-0.3, -0.25) is 0 Å². The largest absolute Gasteiger partial charge is 0.481 e. The summed E-state index contributed by atoms with van der Waals surface area (Å²) in [7, 11) is 0. The van der Waals surface area contributed by atoms with Gasteiger partial charge in [0.15, 0.2) is 6.10 Å². The number of aryl methyl sites for hydroxylation is 1. The Bertz CT molecular complexity index is 1080. The zero-order valence-electron chi connectivity index (χ0n) is 18.2. The van der Waals surface area contributed by atoms with Crippen LogP contribution < -0.4 is 21.1 Å². The Labute approximate surface area is 184 Å². The predicted octanol–water partition coefficient (Wildman–Crippen LogP) is 4.34. The van der Waals surface area contributed by atoms with Crippen molar-refractivity contribution in [2.45, 2.75) is 46.1 Å². The summed E-state index contributed by atoms with van der Waals surface area (Å²) in [5.41, 5.74) is 13.1. The van der Waals surface area contributed by atoms with E-state index in [-0.39, 0.29) is 6.10 Å². The monoisotopic (exact) mass is 414 g/mol. The lowest BCUT2D eigenvalue weighted by Gasteiger charge is -2.21. The molecule has 1 atom stereocenters. The first kappa shape index (κ1) is 21.1. The molecule has 31 heavy (non-hydrogen) atoms. The first-order valence-electron chi connectivity index (χ1n) is 10.8. The summed E-state index contributed by atoms with van der Waals surface area (Å²) in [4.78, 5) is 4.46. The van der Waals surface area contributed by atoms with Crippen molar-refractivity contribution in [2.24, 2.45) is 10.7 Å². The molecule has 1 aliphatic heterocycles. The summed E-state index contributed by atoms with van der Waals surface area (Å²) in [6.45, 7) is 7.35. The van der Waals surface area contributed by atoms with Crippen molar-refractivity contribution in [3.05, 3.63) is 94.5 Å². The van der Waals surface area contributed by atoms with Crippen molar-refractivity contribution < 1.29 is 4.74 Å². The van der Waals surface area contributed by atoms with E-state index in [0.29, 0.717) is 5.84 Å². The third kappa shape index (κ3) is 5.51. The van der Waals surface area contributed by atoms with Crippen molar-refractivity contribution in [1.29, 1.82) is 0 Å². The van der Waals surface area contributed by atoms with Gasteiger partial charge in [0, 0.05) is 26.2 Å². The minimum Gasteiger partial charge on any atom is -0.481 e. The predicted molar refractivity (Wildman–Crippen MR) is 127 cm³/mol. The number of ether oxygens (including phenoxy) is 1. The SMILES string of the molecule is Cc1ccccc1CNCc1cccc(CNCc2ccc3c(c2)N=C(N)C(C)O3)c1. The zero-order valence-corrected chi connectivity index (χ0v) is 18.2. The van der Waals surface area contributed by atoms with Crippen molar-refractivity contribution in [3.63, 3.8) is 0 Å². The van der Waals surface area contributed by atoms with E-state index in [9.17, 15) is 0 Å². The number of benzene rings is 3. The summed E-state index contributed by atoms with van der Waals surface area (Å²) in [5.74, 6) is 1.31. The normalized spacial score (nSPS) is 15.2. The molecule has 3 aromatic carbocycles. The van der Waals surface area contributed by atoms with Crippen molar-refractivity contribution >= 4 is 11.5 Å². The summed E-state index contributed by atoms with van der Waals surface area (Å²) in [6, 6.07) is 23.3. The maximum atomic E-state index is 5.91. The van der Waals surface area contributed by atoms with Gasteiger partial charge in [0.1, 0.15) is 17.3 Å². The van der Waals surface area contributed by atoms with E-state index in [1.54, 1.807) is 0 Å². The maximum absolute atomic E-state index is 5.91. The Hall–Kier alpha value is -3.15. The van der Waals surface area contributed by atoms with Crippen LogP contribution in [0.2, 0.25) is 0 Å². The standard InChI is InChI=1S/C26H30N4O/c1-18-6-3-4-9-23(18)17-29-15-21-8-5-7-20(12-21)14-28-16-22-10-11-25-24(13-22)30-26(27)19(2)31-25/h3-13,19,28-29H,14-17H2,1-2H3,(H2,27,30). The van der Waals surface area contributed by atoms with Crippen LogP contribution in [0.25, 0.3) is 0 Å². The topological polar surface area (TPSA) is 71.7 Å². The maximum Gasteiger partial charge on any atom is 0.153 e. The van der Waals surface area contributed by atoms with Crippen molar-refractivity contribution in [1.82, 2.24) is 10.6 Å². The van der Waals surface area contributed by atoms with Gasteiger partial charge in [0.2, 0.25) is 0 Å². The fourth-order valence-electron chi connectivity index (χ4n) is 3.69. The number of rotatable bonds is 8. The minimum atomic E-state index is -0.171. The number of nitrogens with one attached hydrogen (secondary N) is 2. The molecule has 0 fully saturated rings. The number of amidine groups is 1. The summed E-state index contributed by atoms with van der Waals surface area (Å²) in [5, 5.41) is 7.07. The van der Waals surface area contributed by atoms with Crippen molar-refractivity contribution in [3.8, 4) is 5.75 Å². The van der Waals surface area contributed by atoms with Crippen LogP contribution in [0.1, 0.15) is 34.7 Å². The quantitative estimate of drug-likeness (QED) is 0.513. The van der Waals surface area contributed by atoms with Gasteiger partial charge in [0.25, 0.3) is 0 Å². The van der Waals surface area contributed by atoms with Gasteiger partial charge in [-0.25, -0.2) is 4.99 Å². The highest BCUT2D eigenvalue weighted by Crippen LogP contribution is 2.32. The molecule has 1 heterocycles. The second-order valence-corrected chi connectivity index (χ2v) is 8.05. The molecule has 0 spiro atoms. The average molecular weight is 415 g/mol. The molecular weight excluding hydrogens is 384 g/mol. The third-order valence-corrected chi connectivity index (χ3v) is 5.55. The highest BCUT2D eigenvalue weighted by Gasteiger charge is 2.18. The van der Waals surface area contributed by atoms with Gasteiger partial charge in [0.05, 0.1) is 0 Å². The molecule has 0 aliphatic carbocycles. The van der Waals surface area contributed by atoms with Gasteiger partial charge in [-0.15, -0.1) is 0 Å². The van der Waals surface area contributed by atoms with E-state index in [1.165, 1.54) is 22.3 Å². The summed E-state index contributed by atoms with van der Waals surface area (Å²) >= 11 is 0. The molecule has 0 aromatic heterocycles. The van der Waals surface area contributed by atoms with E-state index < -0.39 is 0 Å². The van der Waals surface area contributed by atoms with Crippen LogP contribution >= 0.6 is 0 Å². The van der Waals surface area contributed by atoms with Crippen LogP contribution in [0.15, 0.2) is 71.7 Å². The molecule has 0 saturated carbocycles. The fourth-order valence-corrected chi connectivity index (χ4v) is 3.69. The van der Waals surface area contributed by atoms with Crippen LogP contribution in [-0.2, 0) is 26.2 Å². The van der Waals surface area contributed by atoms with Crippen LogP contribution in [0.3, 0.4) is 0 Å². The van der Waals surface area contributed by atoms with Gasteiger partial charge in [-0.1, -0.05) is 54.6 Å². The van der Waals surface area contributed by atoms with Crippen molar-refractivity contribution in [2.75, 3.05) is 0 Å². The summed E-state index contributed by atoms with van der Waals surface area (Å²) < 4.78 is 5.77. The van der Waals surface area contributed by atoms with Gasteiger partial charge < -0.3 is 21.1 Å². The molecular formula is C26H30N4O. The lowest BCUT2D eigenvalue weighted by atomic mass is 10.1. The van der Waals surface area contributed by atoms with Crippen LogP contribution in [0.4, 0.5) is 5.69 Å². The molecule has 5 heteroatoms. The van der Waals surface area contributed by atoms with E-state index in [1.807, 2.05) is 19.1 Å². The highest BCUT2D eigenvalue weighted by molar-refractivity contribution is 5.89.